The molecule has 1 N–H and O–H groups in total. The third-order valence-corrected chi connectivity index (χ3v) is 6.78. The van der Waals surface area contributed by atoms with E-state index in [1.807, 2.05) is 31.2 Å². The predicted molar refractivity (Wildman–Crippen MR) is 140 cm³/mol. The maximum atomic E-state index is 12.8. The SMILES string of the molecule is Cc1nc(C2CCN(C/C=C/c3ccc(Cl)cc3)CC2)c(NC(=O)c2ccnc(Cl)c2)cc1Cl. The molecule has 0 radical (unpaired) electrons. The highest BCUT2D eigenvalue weighted by Gasteiger charge is 2.25. The fourth-order valence-electron chi connectivity index (χ4n) is 4.05. The molecule has 0 bridgehead atoms. The molecule has 34 heavy (non-hydrogen) atoms. The highest BCUT2D eigenvalue weighted by atomic mass is 35.5. The van der Waals surface area contributed by atoms with Gasteiger partial charge in [-0.1, -0.05) is 59.1 Å². The second kappa shape index (κ2) is 11.3. The summed E-state index contributed by atoms with van der Waals surface area (Å²) in [6, 6.07) is 12.8. The fourth-order valence-corrected chi connectivity index (χ4v) is 4.50. The number of nitrogens with one attached hydrogen (secondary N) is 1. The number of rotatable bonds is 6. The molecule has 0 unspecified atom stereocenters. The van der Waals surface area contributed by atoms with E-state index in [4.69, 9.17) is 39.8 Å². The summed E-state index contributed by atoms with van der Waals surface area (Å²) in [5.41, 5.74) is 3.86. The maximum absolute atomic E-state index is 12.8. The first-order valence-electron chi connectivity index (χ1n) is 11.1. The predicted octanol–water partition coefficient (Wildman–Crippen LogP) is 6.89. The summed E-state index contributed by atoms with van der Waals surface area (Å²) in [6.45, 7) is 4.67. The lowest BCUT2D eigenvalue weighted by atomic mass is 9.91. The normalized spacial score (nSPS) is 15.1. The zero-order valence-electron chi connectivity index (χ0n) is 18.8. The molecule has 1 amide bonds. The van der Waals surface area contributed by atoms with E-state index in [0.29, 0.717) is 16.3 Å². The van der Waals surface area contributed by atoms with E-state index < -0.39 is 0 Å². The van der Waals surface area contributed by atoms with Crippen molar-refractivity contribution in [2.45, 2.75) is 25.7 Å². The number of aromatic nitrogens is 2. The van der Waals surface area contributed by atoms with Crippen molar-refractivity contribution >= 4 is 52.5 Å². The monoisotopic (exact) mass is 514 g/mol. The molecular formula is C26H25Cl3N4O. The Morgan fingerprint density at radius 3 is 2.56 bits per heavy atom. The van der Waals surface area contributed by atoms with Crippen molar-refractivity contribution in [1.29, 1.82) is 0 Å². The van der Waals surface area contributed by atoms with Gasteiger partial charge in [-0.05, 0) is 68.8 Å². The van der Waals surface area contributed by atoms with Gasteiger partial charge in [-0.3, -0.25) is 14.7 Å². The number of benzene rings is 1. The Balaban J connectivity index is 1.41. The van der Waals surface area contributed by atoms with Crippen LogP contribution in [0.4, 0.5) is 5.69 Å². The van der Waals surface area contributed by atoms with Crippen molar-refractivity contribution < 1.29 is 4.79 Å². The summed E-state index contributed by atoms with van der Waals surface area (Å²) in [7, 11) is 0. The van der Waals surface area contributed by atoms with Crippen LogP contribution in [0.15, 0.2) is 54.7 Å². The minimum absolute atomic E-state index is 0.240. The maximum Gasteiger partial charge on any atom is 0.255 e. The second-order valence-corrected chi connectivity index (χ2v) is 9.57. The number of amides is 1. The number of aryl methyl sites for hydroxylation is 1. The minimum atomic E-state index is -0.267. The number of piperidine rings is 1. The van der Waals surface area contributed by atoms with E-state index in [1.165, 1.54) is 12.3 Å². The lowest BCUT2D eigenvalue weighted by molar-refractivity contribution is 0.102. The summed E-state index contributed by atoms with van der Waals surface area (Å²) < 4.78 is 0. The zero-order chi connectivity index (χ0) is 24.1. The molecule has 1 saturated heterocycles. The molecule has 3 heterocycles. The van der Waals surface area contributed by atoms with Gasteiger partial charge in [0.2, 0.25) is 0 Å². The number of nitrogens with zero attached hydrogens (tertiary/aromatic N) is 3. The Hall–Kier alpha value is -2.44. The van der Waals surface area contributed by atoms with E-state index in [0.717, 1.165) is 54.4 Å². The van der Waals surface area contributed by atoms with Crippen molar-refractivity contribution in [3.63, 3.8) is 0 Å². The molecule has 1 aliphatic heterocycles. The summed E-state index contributed by atoms with van der Waals surface area (Å²) in [5, 5.41) is 4.52. The summed E-state index contributed by atoms with van der Waals surface area (Å²) in [5.74, 6) is -0.0270. The average Bonchev–Trinajstić information content (AvgIpc) is 2.83. The molecule has 1 aromatic carbocycles. The lowest BCUT2D eigenvalue weighted by Crippen LogP contribution is -2.33. The number of likely N-dealkylation sites (tertiary alicyclic amines) is 1. The van der Waals surface area contributed by atoms with Crippen molar-refractivity contribution in [2.75, 3.05) is 25.0 Å². The Kier molecular flexibility index (Phi) is 8.22. The number of anilines is 1. The van der Waals surface area contributed by atoms with Crippen LogP contribution in [0.2, 0.25) is 15.2 Å². The van der Waals surface area contributed by atoms with Gasteiger partial charge < -0.3 is 5.32 Å². The number of carbonyl (C=O) groups excluding carboxylic acids is 1. The highest BCUT2D eigenvalue weighted by Crippen LogP contribution is 2.34. The van der Waals surface area contributed by atoms with Gasteiger partial charge in [0, 0.05) is 29.2 Å². The Labute approximate surface area is 214 Å². The molecule has 0 saturated carbocycles. The molecule has 2 aromatic heterocycles. The van der Waals surface area contributed by atoms with Gasteiger partial charge in [0.1, 0.15) is 5.15 Å². The Morgan fingerprint density at radius 1 is 1.12 bits per heavy atom. The number of hydrogen-bond donors (Lipinski definition) is 1. The highest BCUT2D eigenvalue weighted by molar-refractivity contribution is 6.31. The summed E-state index contributed by atoms with van der Waals surface area (Å²) in [4.78, 5) is 23.9. The molecule has 8 heteroatoms. The third-order valence-electron chi connectivity index (χ3n) is 5.94. The van der Waals surface area contributed by atoms with Crippen LogP contribution in [0.5, 0.6) is 0 Å². The number of hydrogen-bond acceptors (Lipinski definition) is 4. The molecule has 4 rings (SSSR count). The largest absolute Gasteiger partial charge is 0.320 e. The molecular weight excluding hydrogens is 491 g/mol. The number of pyridine rings is 2. The molecule has 0 spiro atoms. The summed E-state index contributed by atoms with van der Waals surface area (Å²) in [6.07, 6.45) is 7.71. The molecule has 0 aliphatic carbocycles. The number of carbonyl (C=O) groups is 1. The van der Waals surface area contributed by atoms with E-state index in [2.05, 4.69) is 27.4 Å². The average molecular weight is 516 g/mol. The van der Waals surface area contributed by atoms with E-state index in [-0.39, 0.29) is 17.0 Å². The van der Waals surface area contributed by atoms with Gasteiger partial charge >= 0.3 is 0 Å². The van der Waals surface area contributed by atoms with Gasteiger partial charge in [-0.25, -0.2) is 4.98 Å². The fraction of sp³-hybridized carbons (Fsp3) is 0.269. The first-order chi connectivity index (χ1) is 16.4. The first-order valence-corrected chi connectivity index (χ1v) is 12.3. The molecule has 5 nitrogen and oxygen atoms in total. The first kappa shape index (κ1) is 24.7. The summed E-state index contributed by atoms with van der Waals surface area (Å²) >= 11 is 18.2. The molecule has 1 fully saturated rings. The van der Waals surface area contributed by atoms with Gasteiger partial charge in [0.05, 0.1) is 22.1 Å². The topological polar surface area (TPSA) is 58.1 Å². The van der Waals surface area contributed by atoms with Crippen LogP contribution in [0.25, 0.3) is 6.08 Å². The smallest absolute Gasteiger partial charge is 0.255 e. The van der Waals surface area contributed by atoms with Crippen LogP contribution in [0.1, 0.15) is 46.1 Å². The quantitative estimate of drug-likeness (QED) is 0.363. The van der Waals surface area contributed by atoms with Gasteiger partial charge in [0.15, 0.2) is 0 Å². The van der Waals surface area contributed by atoms with E-state index in [9.17, 15) is 4.79 Å². The van der Waals surface area contributed by atoms with E-state index >= 15 is 0 Å². The van der Waals surface area contributed by atoms with Gasteiger partial charge in [-0.15, -0.1) is 0 Å². The second-order valence-electron chi connectivity index (χ2n) is 8.34. The van der Waals surface area contributed by atoms with Crippen molar-refractivity contribution in [3.8, 4) is 0 Å². The van der Waals surface area contributed by atoms with Crippen LogP contribution >= 0.6 is 34.8 Å². The number of halogens is 3. The minimum Gasteiger partial charge on any atom is -0.320 e. The third kappa shape index (κ3) is 6.36. The van der Waals surface area contributed by atoms with Crippen LogP contribution < -0.4 is 5.32 Å². The Bertz CT molecular complexity index is 1190. The van der Waals surface area contributed by atoms with Crippen LogP contribution in [-0.2, 0) is 0 Å². The Morgan fingerprint density at radius 2 is 1.85 bits per heavy atom. The van der Waals surface area contributed by atoms with Crippen LogP contribution in [-0.4, -0.2) is 40.4 Å². The standard InChI is InChI=1S/C26H25Cl3N4O/c1-17-22(28)16-23(32-26(34)20-8-11-30-24(29)15-20)25(31-17)19-9-13-33(14-10-19)12-2-3-18-4-6-21(27)7-5-18/h2-8,11,15-16,19H,9-10,12-14H2,1H3,(H,32,34)/b3-2+. The van der Waals surface area contributed by atoms with Crippen molar-refractivity contribution in [2.24, 2.45) is 0 Å². The van der Waals surface area contributed by atoms with Gasteiger partial charge in [-0.2, -0.15) is 0 Å². The van der Waals surface area contributed by atoms with E-state index in [1.54, 1.807) is 12.1 Å². The van der Waals surface area contributed by atoms with Gasteiger partial charge in [0.25, 0.3) is 5.91 Å². The molecule has 176 valence electrons. The van der Waals surface area contributed by atoms with Crippen molar-refractivity contribution in [1.82, 2.24) is 14.9 Å². The lowest BCUT2D eigenvalue weighted by Gasteiger charge is -2.32. The molecule has 1 aliphatic rings. The molecule has 3 aromatic rings. The van der Waals surface area contributed by atoms with Crippen LogP contribution in [0.3, 0.4) is 0 Å². The van der Waals surface area contributed by atoms with Crippen molar-refractivity contribution in [3.05, 3.63) is 92.5 Å². The zero-order valence-corrected chi connectivity index (χ0v) is 21.0. The van der Waals surface area contributed by atoms with Crippen LogP contribution in [0, 0.1) is 6.92 Å². The molecule has 0 atom stereocenters.